The number of hydrogen-bond donors (Lipinski definition) is 1. The summed E-state index contributed by atoms with van der Waals surface area (Å²) >= 11 is 0. The number of nitrogens with one attached hydrogen (secondary N) is 1. The van der Waals surface area contributed by atoms with E-state index in [9.17, 15) is 13.2 Å². The second-order valence-electron chi connectivity index (χ2n) is 5.81. The van der Waals surface area contributed by atoms with Crippen LogP contribution < -0.4 is 4.72 Å². The minimum atomic E-state index is -3.31. The smallest absolute Gasteiger partial charge is 0.308 e. The molecule has 0 aliphatic heterocycles. The Hall–Kier alpha value is -0.620. The van der Waals surface area contributed by atoms with E-state index in [-0.39, 0.29) is 17.9 Å². The van der Waals surface area contributed by atoms with E-state index in [0.29, 0.717) is 25.7 Å². The van der Waals surface area contributed by atoms with Gasteiger partial charge in [0.15, 0.2) is 0 Å². The molecule has 0 spiro atoms. The van der Waals surface area contributed by atoms with Crippen molar-refractivity contribution in [2.75, 3.05) is 7.11 Å². The van der Waals surface area contributed by atoms with E-state index in [1.54, 1.807) is 20.8 Å². The summed E-state index contributed by atoms with van der Waals surface area (Å²) < 4.78 is 30.6. The second-order valence-corrected chi connectivity index (χ2v) is 8.27. The molecule has 106 valence electrons. The highest BCUT2D eigenvalue weighted by Crippen LogP contribution is 2.26. The number of methoxy groups -OCH3 is 1. The maximum atomic E-state index is 12.0. The lowest BCUT2D eigenvalue weighted by atomic mass is 9.86. The third-order valence-corrected chi connectivity index (χ3v) is 5.65. The molecule has 1 rings (SSSR count). The van der Waals surface area contributed by atoms with Gasteiger partial charge in [0.1, 0.15) is 0 Å². The molecule has 1 aliphatic rings. The Morgan fingerprint density at radius 3 is 2.06 bits per heavy atom. The predicted molar refractivity (Wildman–Crippen MR) is 69.6 cm³/mol. The van der Waals surface area contributed by atoms with Crippen molar-refractivity contribution >= 4 is 16.0 Å². The molecule has 1 N–H and O–H groups in total. The van der Waals surface area contributed by atoms with Crippen LogP contribution in [0.2, 0.25) is 0 Å². The van der Waals surface area contributed by atoms with E-state index < -0.39 is 14.8 Å². The largest absolute Gasteiger partial charge is 0.469 e. The van der Waals surface area contributed by atoms with Gasteiger partial charge >= 0.3 is 5.97 Å². The molecule has 0 aromatic rings. The lowest BCUT2D eigenvalue weighted by Crippen LogP contribution is -2.46. The molecule has 0 radical (unpaired) electrons. The summed E-state index contributed by atoms with van der Waals surface area (Å²) in [6.07, 6.45) is 2.75. The summed E-state index contributed by atoms with van der Waals surface area (Å²) in [5.74, 6) is -0.266. The molecule has 0 heterocycles. The minimum Gasteiger partial charge on any atom is -0.469 e. The highest BCUT2D eigenvalue weighted by Gasteiger charge is 2.34. The third kappa shape index (κ3) is 3.68. The number of sulfonamides is 1. The highest BCUT2D eigenvalue weighted by atomic mass is 32.2. The number of carbonyl (C=O) groups is 1. The van der Waals surface area contributed by atoms with E-state index in [1.807, 2.05) is 0 Å². The molecule has 0 bridgehead atoms. The standard InChI is InChI=1S/C12H23NO4S/c1-12(2,3)18(15,16)13-10-7-5-9(6-8-10)11(14)17-4/h9-10,13H,5-8H2,1-4H3. The number of ether oxygens (including phenoxy) is 1. The van der Waals surface area contributed by atoms with E-state index in [1.165, 1.54) is 7.11 Å². The van der Waals surface area contributed by atoms with Crippen molar-refractivity contribution < 1.29 is 17.9 Å². The van der Waals surface area contributed by atoms with Crippen molar-refractivity contribution in [1.82, 2.24) is 4.72 Å². The van der Waals surface area contributed by atoms with Gasteiger partial charge in [0.25, 0.3) is 0 Å². The number of hydrogen-bond acceptors (Lipinski definition) is 4. The van der Waals surface area contributed by atoms with Crippen molar-refractivity contribution in [3.05, 3.63) is 0 Å². The first-order valence-electron chi connectivity index (χ1n) is 6.27. The Labute approximate surface area is 109 Å². The van der Waals surface area contributed by atoms with Gasteiger partial charge in [-0.2, -0.15) is 0 Å². The van der Waals surface area contributed by atoms with Gasteiger partial charge < -0.3 is 4.74 Å². The molecule has 0 unspecified atom stereocenters. The van der Waals surface area contributed by atoms with Gasteiger partial charge in [0.2, 0.25) is 10.0 Å². The fourth-order valence-corrected chi connectivity index (χ4v) is 3.04. The van der Waals surface area contributed by atoms with E-state index >= 15 is 0 Å². The molecule has 0 aromatic heterocycles. The van der Waals surface area contributed by atoms with Crippen LogP contribution in [0.5, 0.6) is 0 Å². The Kier molecular flexibility index (Phi) is 4.78. The van der Waals surface area contributed by atoms with Crippen molar-refractivity contribution in [3.63, 3.8) is 0 Å². The maximum absolute atomic E-state index is 12.0. The van der Waals surface area contributed by atoms with Gasteiger partial charge in [0, 0.05) is 6.04 Å². The summed E-state index contributed by atoms with van der Waals surface area (Å²) in [6, 6.07) is -0.0601. The SMILES string of the molecule is COC(=O)C1CCC(NS(=O)(=O)C(C)(C)C)CC1. The van der Waals surface area contributed by atoms with E-state index in [0.717, 1.165) is 0 Å². The molecule has 1 saturated carbocycles. The summed E-state index contributed by atoms with van der Waals surface area (Å²) in [5.41, 5.74) is 0. The zero-order valence-electron chi connectivity index (χ0n) is 11.5. The van der Waals surface area contributed by atoms with Crippen molar-refractivity contribution in [1.29, 1.82) is 0 Å². The Morgan fingerprint density at radius 1 is 1.17 bits per heavy atom. The van der Waals surface area contributed by atoms with E-state index in [4.69, 9.17) is 4.74 Å². The first-order chi connectivity index (χ1) is 8.17. The first kappa shape index (κ1) is 15.4. The van der Waals surface area contributed by atoms with Crippen molar-refractivity contribution in [2.45, 2.75) is 57.2 Å². The molecular weight excluding hydrogens is 254 g/mol. The van der Waals surface area contributed by atoms with Crippen LogP contribution in [0.25, 0.3) is 0 Å². The van der Waals surface area contributed by atoms with Crippen molar-refractivity contribution in [2.24, 2.45) is 5.92 Å². The molecule has 1 aliphatic carbocycles. The van der Waals surface area contributed by atoms with Crippen LogP contribution in [0, 0.1) is 5.92 Å². The second kappa shape index (κ2) is 5.57. The van der Waals surface area contributed by atoms with Crippen LogP contribution in [-0.4, -0.2) is 32.3 Å². The number of carbonyl (C=O) groups excluding carboxylic acids is 1. The molecule has 18 heavy (non-hydrogen) atoms. The van der Waals surface area contributed by atoms with Crippen LogP contribution in [0.3, 0.4) is 0 Å². The third-order valence-electron chi connectivity index (χ3n) is 3.39. The molecule has 0 aromatic carbocycles. The molecule has 5 nitrogen and oxygen atoms in total. The summed E-state index contributed by atoms with van der Waals surface area (Å²) in [6.45, 7) is 5.03. The molecule has 6 heteroatoms. The summed E-state index contributed by atoms with van der Waals surface area (Å²) in [7, 11) is -1.92. The first-order valence-corrected chi connectivity index (χ1v) is 7.75. The van der Waals surface area contributed by atoms with Gasteiger partial charge in [0.05, 0.1) is 17.8 Å². The number of rotatable bonds is 3. The fourth-order valence-electron chi connectivity index (χ4n) is 2.01. The van der Waals surface area contributed by atoms with Crippen LogP contribution >= 0.6 is 0 Å². The fraction of sp³-hybridized carbons (Fsp3) is 0.917. The lowest BCUT2D eigenvalue weighted by Gasteiger charge is -2.30. The average molecular weight is 277 g/mol. The zero-order valence-corrected chi connectivity index (χ0v) is 12.3. The average Bonchev–Trinajstić information content (AvgIpc) is 2.27. The monoisotopic (exact) mass is 277 g/mol. The Bertz CT molecular complexity index is 389. The van der Waals surface area contributed by atoms with Crippen LogP contribution in [0.1, 0.15) is 46.5 Å². The molecule has 0 saturated heterocycles. The topological polar surface area (TPSA) is 72.5 Å². The maximum Gasteiger partial charge on any atom is 0.308 e. The van der Waals surface area contributed by atoms with Gasteiger partial charge in [-0.05, 0) is 46.5 Å². The Morgan fingerprint density at radius 2 is 1.67 bits per heavy atom. The molecule has 0 atom stereocenters. The minimum absolute atomic E-state index is 0.0601. The zero-order chi connectivity index (χ0) is 14.0. The van der Waals surface area contributed by atoms with Crippen molar-refractivity contribution in [3.8, 4) is 0 Å². The summed E-state index contributed by atoms with van der Waals surface area (Å²) in [5, 5.41) is 0. The normalized spacial score (nSPS) is 25.8. The highest BCUT2D eigenvalue weighted by molar-refractivity contribution is 7.90. The van der Waals surface area contributed by atoms with Crippen LogP contribution in [0.4, 0.5) is 0 Å². The van der Waals surface area contributed by atoms with Gasteiger partial charge in [-0.1, -0.05) is 0 Å². The van der Waals surface area contributed by atoms with Gasteiger partial charge in [-0.15, -0.1) is 0 Å². The van der Waals surface area contributed by atoms with Crippen LogP contribution in [0.15, 0.2) is 0 Å². The molecular formula is C12H23NO4S. The Balaban J connectivity index is 2.53. The van der Waals surface area contributed by atoms with Crippen LogP contribution in [-0.2, 0) is 19.6 Å². The molecule has 0 amide bonds. The van der Waals surface area contributed by atoms with Gasteiger partial charge in [-0.25, -0.2) is 13.1 Å². The predicted octanol–water partition coefficient (Wildman–Crippen LogP) is 1.44. The quantitative estimate of drug-likeness (QED) is 0.792. The molecule has 1 fully saturated rings. The van der Waals surface area contributed by atoms with Gasteiger partial charge in [-0.3, -0.25) is 4.79 Å². The number of esters is 1. The lowest BCUT2D eigenvalue weighted by molar-refractivity contribution is -0.146. The van der Waals surface area contributed by atoms with E-state index in [2.05, 4.69) is 4.72 Å². The summed E-state index contributed by atoms with van der Waals surface area (Å²) in [4.78, 5) is 11.4.